The van der Waals surface area contributed by atoms with Crippen LogP contribution in [0.1, 0.15) is 73.4 Å². The van der Waals surface area contributed by atoms with E-state index in [2.05, 4.69) is 16.8 Å². The molecule has 36 heavy (non-hydrogen) atoms. The second-order valence-corrected chi connectivity index (χ2v) is 10.5. The molecular formula is C28H33NO6S. The third kappa shape index (κ3) is 5.93. The van der Waals surface area contributed by atoms with Crippen LogP contribution in [-0.4, -0.2) is 37.6 Å². The molecule has 8 heteroatoms. The van der Waals surface area contributed by atoms with Gasteiger partial charge in [0.05, 0.1) is 6.42 Å². The van der Waals surface area contributed by atoms with Gasteiger partial charge < -0.3 is 24.3 Å². The molecule has 1 saturated carbocycles. The Morgan fingerprint density at radius 2 is 1.92 bits per heavy atom. The van der Waals surface area contributed by atoms with E-state index in [1.54, 1.807) is 11.3 Å². The van der Waals surface area contributed by atoms with E-state index in [0.29, 0.717) is 6.61 Å². The van der Waals surface area contributed by atoms with E-state index in [0.717, 1.165) is 68.5 Å². The average molecular weight is 512 g/mol. The van der Waals surface area contributed by atoms with E-state index in [9.17, 15) is 9.59 Å². The number of carbonyl (C=O) groups is 2. The summed E-state index contributed by atoms with van der Waals surface area (Å²) in [6, 6.07) is 8.01. The average Bonchev–Trinajstić information content (AvgIpc) is 3.27. The second kappa shape index (κ2) is 11.5. The minimum absolute atomic E-state index is 0.0696. The van der Waals surface area contributed by atoms with Gasteiger partial charge in [-0.15, -0.1) is 11.3 Å². The van der Waals surface area contributed by atoms with Crippen molar-refractivity contribution >= 4 is 29.0 Å². The first-order chi connectivity index (χ1) is 17.6. The van der Waals surface area contributed by atoms with Gasteiger partial charge in [-0.1, -0.05) is 18.1 Å². The fourth-order valence-electron chi connectivity index (χ4n) is 5.18. The van der Waals surface area contributed by atoms with Crippen LogP contribution in [0.2, 0.25) is 0 Å². The minimum Gasteiger partial charge on any atom is -0.488 e. The first-order valence-corrected chi connectivity index (χ1v) is 13.8. The third-order valence-electron chi connectivity index (χ3n) is 6.95. The number of hydrogen-bond acceptors (Lipinski definition) is 8. The van der Waals surface area contributed by atoms with E-state index in [-0.39, 0.29) is 12.5 Å². The van der Waals surface area contributed by atoms with Crippen molar-refractivity contribution in [3.05, 3.63) is 56.8 Å². The van der Waals surface area contributed by atoms with Gasteiger partial charge in [0, 0.05) is 28.5 Å². The number of hydrogen-bond donors (Lipinski definition) is 1. The molecule has 3 heterocycles. The quantitative estimate of drug-likeness (QED) is 0.405. The van der Waals surface area contributed by atoms with Crippen LogP contribution in [0.15, 0.2) is 35.2 Å². The molecule has 192 valence electrons. The van der Waals surface area contributed by atoms with Gasteiger partial charge in [-0.3, -0.25) is 4.79 Å². The molecule has 0 bridgehead atoms. The number of benzene rings is 1. The minimum atomic E-state index is -1.01. The lowest BCUT2D eigenvalue weighted by atomic mass is 9.90. The molecule has 1 atom stereocenters. The lowest BCUT2D eigenvalue weighted by Gasteiger charge is -2.22. The number of fused-ring (bicyclic) bond motifs is 2. The van der Waals surface area contributed by atoms with Crippen molar-refractivity contribution in [2.45, 2.75) is 77.3 Å². The van der Waals surface area contributed by atoms with Crippen LogP contribution in [0.25, 0.3) is 5.57 Å². The standard InChI is InChI=1S/C28H33NO6S/c1-18(34-28(31)35-22-5-3-2-4-6-22)33-25(30)16-19-7-8-24-23(15-19)26(20-9-12-29-13-10-20)27-21(17-32-24)11-14-36-27/h7-8,11,14-15,18,22,29H,2-6,9-10,12-13,16-17H2,1H3. The Bertz CT molecular complexity index is 1120. The molecule has 1 unspecified atom stereocenters. The summed E-state index contributed by atoms with van der Waals surface area (Å²) in [7, 11) is 0. The molecule has 0 amide bonds. The molecule has 3 aliphatic rings. The molecule has 5 rings (SSSR count). The smallest absolute Gasteiger partial charge is 0.488 e. The number of carbonyl (C=O) groups excluding carboxylic acids is 2. The maximum absolute atomic E-state index is 12.7. The molecule has 2 fully saturated rings. The summed E-state index contributed by atoms with van der Waals surface area (Å²) in [4.78, 5) is 26.0. The van der Waals surface area contributed by atoms with Gasteiger partial charge in [-0.2, -0.15) is 0 Å². The Morgan fingerprint density at radius 3 is 2.72 bits per heavy atom. The molecule has 1 aromatic heterocycles. The Morgan fingerprint density at radius 1 is 1.11 bits per heavy atom. The summed E-state index contributed by atoms with van der Waals surface area (Å²) in [5.41, 5.74) is 5.71. The zero-order chi connectivity index (χ0) is 24.9. The lowest BCUT2D eigenvalue weighted by molar-refractivity contribution is -0.168. The van der Waals surface area contributed by atoms with Gasteiger partial charge in [-0.25, -0.2) is 4.79 Å². The monoisotopic (exact) mass is 511 g/mol. The topological polar surface area (TPSA) is 83.1 Å². The van der Waals surface area contributed by atoms with E-state index in [1.165, 1.54) is 34.9 Å². The zero-order valence-electron chi connectivity index (χ0n) is 20.7. The molecule has 0 spiro atoms. The summed E-state index contributed by atoms with van der Waals surface area (Å²) >= 11 is 1.74. The number of nitrogens with one attached hydrogen (secondary N) is 1. The zero-order valence-corrected chi connectivity index (χ0v) is 21.5. The Balaban J connectivity index is 1.27. The highest BCUT2D eigenvalue weighted by atomic mass is 32.1. The van der Waals surface area contributed by atoms with E-state index in [4.69, 9.17) is 18.9 Å². The molecule has 2 aliphatic heterocycles. The third-order valence-corrected chi connectivity index (χ3v) is 7.93. The summed E-state index contributed by atoms with van der Waals surface area (Å²) in [6.45, 7) is 3.99. The van der Waals surface area contributed by atoms with E-state index in [1.807, 2.05) is 18.2 Å². The van der Waals surface area contributed by atoms with Crippen LogP contribution in [0.3, 0.4) is 0 Å². The number of thiophene rings is 1. The fraction of sp³-hybridized carbons (Fsp3) is 0.500. The van der Waals surface area contributed by atoms with Crippen molar-refractivity contribution in [2.75, 3.05) is 13.1 Å². The van der Waals surface area contributed by atoms with Gasteiger partial charge in [0.25, 0.3) is 0 Å². The Labute approximate surface area is 215 Å². The first kappa shape index (κ1) is 24.8. The fourth-order valence-corrected chi connectivity index (χ4v) is 6.20. The van der Waals surface area contributed by atoms with Crippen LogP contribution in [0, 0.1) is 0 Å². The van der Waals surface area contributed by atoms with Crippen molar-refractivity contribution in [3.8, 4) is 5.75 Å². The molecule has 1 aromatic carbocycles. The number of esters is 1. The van der Waals surface area contributed by atoms with Gasteiger partial charge in [-0.05, 0) is 80.8 Å². The summed E-state index contributed by atoms with van der Waals surface area (Å²) in [5, 5.41) is 5.55. The normalized spacial score (nSPS) is 18.8. The number of rotatable bonds is 5. The molecule has 1 saturated heterocycles. The Kier molecular flexibility index (Phi) is 7.92. The maximum atomic E-state index is 12.7. The lowest BCUT2D eigenvalue weighted by Crippen LogP contribution is -2.27. The largest absolute Gasteiger partial charge is 0.511 e. The summed E-state index contributed by atoms with van der Waals surface area (Å²) in [5.74, 6) is 0.369. The maximum Gasteiger partial charge on any atom is 0.511 e. The molecule has 1 N–H and O–H groups in total. The first-order valence-electron chi connectivity index (χ1n) is 12.9. The molecule has 7 nitrogen and oxygen atoms in total. The molecule has 0 radical (unpaired) electrons. The van der Waals surface area contributed by atoms with Gasteiger partial charge >= 0.3 is 12.1 Å². The predicted octanol–water partition coefficient (Wildman–Crippen LogP) is 5.74. The van der Waals surface area contributed by atoms with Crippen LogP contribution in [-0.2, 0) is 32.0 Å². The van der Waals surface area contributed by atoms with Gasteiger partial charge in [0.1, 0.15) is 18.5 Å². The van der Waals surface area contributed by atoms with Crippen molar-refractivity contribution < 1.29 is 28.5 Å². The van der Waals surface area contributed by atoms with Crippen LogP contribution < -0.4 is 10.1 Å². The van der Waals surface area contributed by atoms with Crippen molar-refractivity contribution in [3.63, 3.8) is 0 Å². The second-order valence-electron chi connectivity index (χ2n) is 9.60. The van der Waals surface area contributed by atoms with Crippen molar-refractivity contribution in [1.29, 1.82) is 0 Å². The molecule has 1 aliphatic carbocycles. The number of ether oxygens (including phenoxy) is 4. The van der Waals surface area contributed by atoms with Crippen LogP contribution >= 0.6 is 11.3 Å². The van der Waals surface area contributed by atoms with Crippen LogP contribution in [0.5, 0.6) is 5.75 Å². The highest BCUT2D eigenvalue weighted by molar-refractivity contribution is 7.11. The van der Waals surface area contributed by atoms with Crippen LogP contribution in [0.4, 0.5) is 4.79 Å². The Hall–Kier alpha value is -2.84. The van der Waals surface area contributed by atoms with Crippen molar-refractivity contribution in [2.24, 2.45) is 0 Å². The highest BCUT2D eigenvalue weighted by Crippen LogP contribution is 2.43. The SMILES string of the molecule is CC(OC(=O)Cc1ccc2c(c1)C(=C1CCNCC1)c1sccc1CO2)OC(=O)OC1CCCCC1. The highest BCUT2D eigenvalue weighted by Gasteiger charge is 2.26. The van der Waals surface area contributed by atoms with E-state index < -0.39 is 18.4 Å². The summed E-state index contributed by atoms with van der Waals surface area (Å²) < 4.78 is 22.0. The van der Waals surface area contributed by atoms with Gasteiger partial charge in [0.15, 0.2) is 0 Å². The van der Waals surface area contributed by atoms with E-state index >= 15 is 0 Å². The van der Waals surface area contributed by atoms with Gasteiger partial charge in [0.2, 0.25) is 6.29 Å². The molecule has 2 aromatic rings. The summed E-state index contributed by atoms with van der Waals surface area (Å²) in [6.07, 6.45) is 5.13. The molecular weight excluding hydrogens is 478 g/mol. The van der Waals surface area contributed by atoms with Crippen molar-refractivity contribution in [1.82, 2.24) is 5.32 Å². The predicted molar refractivity (Wildman–Crippen MR) is 137 cm³/mol. The number of piperidine rings is 1.